The Kier molecular flexibility index (Phi) is 4.98. The summed E-state index contributed by atoms with van der Waals surface area (Å²) < 4.78 is 7.83. The van der Waals surface area contributed by atoms with Gasteiger partial charge in [0.15, 0.2) is 0 Å². The molecular weight excluding hydrogens is 430 g/mol. The van der Waals surface area contributed by atoms with Gasteiger partial charge in [-0.2, -0.15) is 0 Å². The van der Waals surface area contributed by atoms with Crippen LogP contribution in [0.5, 0.6) is 5.75 Å². The number of rotatable bonds is 3. The average Bonchev–Trinajstić information content (AvgIpc) is 3.57. The Hall–Kier alpha value is -3.12. The third-order valence-corrected chi connectivity index (χ3v) is 7.95. The maximum absolute atomic E-state index is 13.2. The lowest BCUT2D eigenvalue weighted by molar-refractivity contribution is 0.0708. The van der Waals surface area contributed by atoms with E-state index in [9.17, 15) is 4.79 Å². The number of aromatic nitrogens is 2. The van der Waals surface area contributed by atoms with Gasteiger partial charge in [0.25, 0.3) is 5.91 Å². The van der Waals surface area contributed by atoms with Crippen molar-refractivity contribution in [3.63, 3.8) is 0 Å². The van der Waals surface area contributed by atoms with Crippen molar-refractivity contribution in [2.75, 3.05) is 19.7 Å². The summed E-state index contributed by atoms with van der Waals surface area (Å²) in [7, 11) is 2.12. The highest BCUT2D eigenvalue weighted by atomic mass is 32.1. The van der Waals surface area contributed by atoms with Crippen molar-refractivity contribution in [1.82, 2.24) is 14.5 Å². The van der Waals surface area contributed by atoms with E-state index in [1.807, 2.05) is 22.4 Å². The molecule has 5 nitrogen and oxygen atoms in total. The average molecular weight is 458 g/mol. The van der Waals surface area contributed by atoms with Crippen LogP contribution in [0, 0.1) is 6.92 Å². The number of benzene rings is 2. The van der Waals surface area contributed by atoms with Crippen molar-refractivity contribution in [2.45, 2.75) is 32.1 Å². The summed E-state index contributed by atoms with van der Waals surface area (Å²) in [6, 6.07) is 12.9. The van der Waals surface area contributed by atoms with E-state index >= 15 is 0 Å². The molecule has 0 spiro atoms. The second-order valence-corrected chi connectivity index (χ2v) is 10.1. The van der Waals surface area contributed by atoms with Gasteiger partial charge in [0, 0.05) is 54.6 Å². The third-order valence-electron chi connectivity index (χ3n) is 7.06. The van der Waals surface area contributed by atoms with E-state index in [2.05, 4.69) is 49.0 Å². The fourth-order valence-corrected chi connectivity index (χ4v) is 6.03. The van der Waals surface area contributed by atoms with Gasteiger partial charge in [-0.1, -0.05) is 11.6 Å². The fraction of sp³-hybridized carbons (Fsp3) is 0.333. The number of carbonyl (C=O) groups is 1. The summed E-state index contributed by atoms with van der Waals surface area (Å²) >= 11 is 1.54. The minimum absolute atomic E-state index is 0.0502. The Morgan fingerprint density at radius 1 is 1.15 bits per heavy atom. The van der Waals surface area contributed by atoms with E-state index in [0.717, 1.165) is 55.3 Å². The summed E-state index contributed by atoms with van der Waals surface area (Å²) in [6.45, 7) is 4.44. The number of aryl methyl sites for hydroxylation is 2. The normalized spacial score (nSPS) is 16.2. The molecule has 33 heavy (non-hydrogen) atoms. The number of ether oxygens (including phenoxy) is 1. The van der Waals surface area contributed by atoms with Gasteiger partial charge in [0.05, 0.1) is 6.61 Å². The van der Waals surface area contributed by atoms with E-state index < -0.39 is 0 Å². The molecule has 1 saturated heterocycles. The molecule has 0 aliphatic carbocycles. The summed E-state index contributed by atoms with van der Waals surface area (Å²) in [6.07, 6.45) is 5.19. The molecule has 0 N–H and O–H groups in total. The van der Waals surface area contributed by atoms with Crippen LogP contribution in [0.15, 0.2) is 48.0 Å². The van der Waals surface area contributed by atoms with Gasteiger partial charge in [-0.05, 0) is 67.1 Å². The molecule has 2 aliphatic heterocycles. The number of piperidine rings is 1. The Bertz CT molecular complexity index is 1360. The van der Waals surface area contributed by atoms with Crippen molar-refractivity contribution in [1.29, 1.82) is 0 Å². The zero-order valence-electron chi connectivity index (χ0n) is 19.0. The van der Waals surface area contributed by atoms with E-state index in [1.165, 1.54) is 27.6 Å². The van der Waals surface area contributed by atoms with Crippen molar-refractivity contribution in [3.8, 4) is 16.3 Å². The maximum Gasteiger partial charge on any atom is 0.273 e. The first-order chi connectivity index (χ1) is 16.1. The third kappa shape index (κ3) is 3.62. The Morgan fingerprint density at radius 2 is 2.00 bits per heavy atom. The van der Waals surface area contributed by atoms with Crippen LogP contribution in [-0.4, -0.2) is 40.1 Å². The minimum Gasteiger partial charge on any atom is -0.493 e. The summed E-state index contributed by atoms with van der Waals surface area (Å²) in [4.78, 5) is 19.9. The van der Waals surface area contributed by atoms with E-state index in [1.54, 1.807) is 11.3 Å². The smallest absolute Gasteiger partial charge is 0.273 e. The number of hydrogen-bond acceptors (Lipinski definition) is 4. The van der Waals surface area contributed by atoms with Crippen LogP contribution in [0.4, 0.5) is 0 Å². The second-order valence-electron chi connectivity index (χ2n) is 9.24. The molecule has 2 aromatic heterocycles. The molecule has 6 heteroatoms. The lowest BCUT2D eigenvalue weighted by Crippen LogP contribution is -2.38. The van der Waals surface area contributed by atoms with Crippen LogP contribution >= 0.6 is 11.3 Å². The number of fused-ring (bicyclic) bond motifs is 2. The molecule has 0 radical (unpaired) electrons. The first-order valence-electron chi connectivity index (χ1n) is 11.6. The SMILES string of the molecule is Cc1ccc2c(c1)c(C1CCN(C(=O)c3csc(-c4ccc5c(c4)CCO5)n3)CC1)cn2C. The summed E-state index contributed by atoms with van der Waals surface area (Å²) in [5, 5.41) is 4.15. The van der Waals surface area contributed by atoms with Crippen molar-refractivity contribution in [3.05, 3.63) is 70.4 Å². The molecule has 6 rings (SSSR count). The molecule has 4 heterocycles. The summed E-state index contributed by atoms with van der Waals surface area (Å²) in [5.74, 6) is 1.50. The van der Waals surface area contributed by atoms with Gasteiger partial charge in [-0.25, -0.2) is 4.98 Å². The first kappa shape index (κ1) is 20.5. The van der Waals surface area contributed by atoms with Crippen LogP contribution in [0.1, 0.15) is 45.9 Å². The van der Waals surface area contributed by atoms with Gasteiger partial charge < -0.3 is 14.2 Å². The number of hydrogen-bond donors (Lipinski definition) is 0. The van der Waals surface area contributed by atoms with E-state index in [-0.39, 0.29) is 5.91 Å². The lowest BCUT2D eigenvalue weighted by atomic mass is 9.89. The zero-order valence-corrected chi connectivity index (χ0v) is 19.8. The molecule has 1 amide bonds. The van der Waals surface area contributed by atoms with Crippen molar-refractivity contribution < 1.29 is 9.53 Å². The Balaban J connectivity index is 1.16. The van der Waals surface area contributed by atoms with Crippen LogP contribution in [-0.2, 0) is 13.5 Å². The van der Waals surface area contributed by atoms with Gasteiger partial charge >= 0.3 is 0 Å². The molecule has 0 bridgehead atoms. The largest absolute Gasteiger partial charge is 0.493 e. The highest BCUT2D eigenvalue weighted by Crippen LogP contribution is 2.36. The highest BCUT2D eigenvalue weighted by molar-refractivity contribution is 7.13. The predicted octanol–water partition coefficient (Wildman–Crippen LogP) is 5.56. The number of thiazole rings is 1. The van der Waals surface area contributed by atoms with Crippen LogP contribution < -0.4 is 4.74 Å². The summed E-state index contributed by atoms with van der Waals surface area (Å²) in [5.41, 5.74) is 6.83. The quantitative estimate of drug-likeness (QED) is 0.404. The number of likely N-dealkylation sites (tertiary alicyclic amines) is 1. The molecule has 168 valence electrons. The van der Waals surface area contributed by atoms with Gasteiger partial charge in [-0.15, -0.1) is 11.3 Å². The van der Waals surface area contributed by atoms with Crippen molar-refractivity contribution in [2.24, 2.45) is 7.05 Å². The molecule has 1 fully saturated rings. The Labute approximate surface area is 197 Å². The Morgan fingerprint density at radius 3 is 2.85 bits per heavy atom. The molecule has 2 aromatic carbocycles. The lowest BCUT2D eigenvalue weighted by Gasteiger charge is -2.31. The minimum atomic E-state index is 0.0502. The maximum atomic E-state index is 13.2. The topological polar surface area (TPSA) is 47.4 Å². The first-order valence-corrected chi connectivity index (χ1v) is 12.5. The fourth-order valence-electron chi connectivity index (χ4n) is 5.24. The van der Waals surface area contributed by atoms with Gasteiger partial charge in [0.2, 0.25) is 0 Å². The highest BCUT2D eigenvalue weighted by Gasteiger charge is 2.28. The predicted molar refractivity (Wildman–Crippen MR) is 132 cm³/mol. The number of amides is 1. The molecular formula is C27H27N3O2S. The van der Waals surface area contributed by atoms with Crippen molar-refractivity contribution >= 4 is 28.1 Å². The molecule has 0 unspecified atom stereocenters. The molecule has 0 atom stereocenters. The number of carbonyl (C=O) groups excluding carboxylic acids is 1. The van der Waals surface area contributed by atoms with Gasteiger partial charge in [-0.3, -0.25) is 4.79 Å². The molecule has 4 aromatic rings. The van der Waals surface area contributed by atoms with Gasteiger partial charge in [0.1, 0.15) is 16.5 Å². The standard InChI is InChI=1S/C27H27N3O2S/c1-17-3-5-24-21(13-17)22(15-29(24)2)18-7-10-30(11-8-18)27(31)23-16-33-26(28-23)20-4-6-25-19(14-20)9-12-32-25/h3-6,13-16,18H,7-12H2,1-2H3. The number of nitrogens with zero attached hydrogens (tertiary/aromatic N) is 3. The van der Waals surface area contributed by atoms with E-state index in [0.29, 0.717) is 11.6 Å². The molecule has 0 saturated carbocycles. The monoisotopic (exact) mass is 457 g/mol. The zero-order chi connectivity index (χ0) is 22.5. The van der Waals surface area contributed by atoms with E-state index in [4.69, 9.17) is 9.72 Å². The second kappa shape index (κ2) is 8.03. The van der Waals surface area contributed by atoms with Crippen LogP contribution in [0.25, 0.3) is 21.5 Å². The van der Waals surface area contributed by atoms with Crippen LogP contribution in [0.3, 0.4) is 0 Å². The molecule has 2 aliphatic rings. The van der Waals surface area contributed by atoms with Crippen LogP contribution in [0.2, 0.25) is 0 Å².